The minimum absolute atomic E-state index is 0.467. The second kappa shape index (κ2) is 5.20. The van der Waals surface area contributed by atoms with E-state index in [1.54, 1.807) is 6.07 Å². The molecule has 0 aliphatic carbocycles. The number of piperidine rings is 1. The topological polar surface area (TPSA) is 27.0 Å². The quantitative estimate of drug-likeness (QED) is 0.762. The Kier molecular flexibility index (Phi) is 3.82. The smallest absolute Gasteiger partial charge is 0.101 e. The van der Waals surface area contributed by atoms with Crippen LogP contribution >= 0.6 is 11.6 Å². The lowest BCUT2D eigenvalue weighted by Crippen LogP contribution is -2.46. The van der Waals surface area contributed by atoms with Crippen LogP contribution < -0.4 is 4.90 Å². The van der Waals surface area contributed by atoms with Crippen LogP contribution in [0.15, 0.2) is 18.2 Å². The number of benzene rings is 1. The van der Waals surface area contributed by atoms with E-state index in [9.17, 15) is 5.26 Å². The lowest BCUT2D eigenvalue weighted by molar-refractivity contribution is 0.297. The number of halogens is 1. The van der Waals surface area contributed by atoms with Gasteiger partial charge in [-0.1, -0.05) is 25.4 Å². The third-order valence-electron chi connectivity index (χ3n) is 3.99. The molecule has 0 radical (unpaired) electrons. The Bertz CT molecular complexity index is 478. The fourth-order valence-electron chi connectivity index (χ4n) is 2.88. The fourth-order valence-corrected chi connectivity index (χ4v) is 3.05. The SMILES string of the molecule is CC1CC(C)C(C)N(c2ccc(Cl)cc2C#N)C1. The minimum Gasteiger partial charge on any atom is -0.367 e. The highest BCUT2D eigenvalue weighted by Crippen LogP contribution is 2.33. The summed E-state index contributed by atoms with van der Waals surface area (Å²) in [6.07, 6.45) is 1.26. The van der Waals surface area contributed by atoms with Gasteiger partial charge in [-0.3, -0.25) is 0 Å². The highest BCUT2D eigenvalue weighted by molar-refractivity contribution is 6.30. The van der Waals surface area contributed by atoms with Crippen molar-refractivity contribution in [2.45, 2.75) is 33.2 Å². The van der Waals surface area contributed by atoms with E-state index in [1.807, 2.05) is 12.1 Å². The molecular weight excluding hydrogens is 244 g/mol. The van der Waals surface area contributed by atoms with Crippen molar-refractivity contribution in [3.05, 3.63) is 28.8 Å². The van der Waals surface area contributed by atoms with Crippen molar-refractivity contribution in [2.75, 3.05) is 11.4 Å². The molecule has 3 atom stereocenters. The molecule has 0 N–H and O–H groups in total. The molecule has 2 nitrogen and oxygen atoms in total. The van der Waals surface area contributed by atoms with E-state index in [1.165, 1.54) is 6.42 Å². The van der Waals surface area contributed by atoms with Gasteiger partial charge < -0.3 is 4.90 Å². The molecule has 1 aliphatic heterocycles. The minimum atomic E-state index is 0.467. The predicted octanol–water partition coefficient (Wildman–Crippen LogP) is 4.08. The first-order valence-electron chi connectivity index (χ1n) is 6.49. The summed E-state index contributed by atoms with van der Waals surface area (Å²) in [6, 6.07) is 8.33. The maximum absolute atomic E-state index is 9.26. The third kappa shape index (κ3) is 2.47. The molecule has 0 bridgehead atoms. The number of anilines is 1. The van der Waals surface area contributed by atoms with E-state index >= 15 is 0 Å². The molecule has 1 saturated heterocycles. The fraction of sp³-hybridized carbons (Fsp3) is 0.533. The molecule has 1 aliphatic rings. The standard InChI is InChI=1S/C15H19ClN2/c1-10-6-11(2)12(3)18(9-10)15-5-4-14(16)7-13(15)8-17/h4-5,7,10-12H,6,9H2,1-3H3. The first-order chi connectivity index (χ1) is 8.52. The van der Waals surface area contributed by atoms with E-state index in [4.69, 9.17) is 11.6 Å². The zero-order chi connectivity index (χ0) is 13.3. The molecule has 1 fully saturated rings. The maximum atomic E-state index is 9.26. The van der Waals surface area contributed by atoms with Crippen molar-refractivity contribution in [1.29, 1.82) is 5.26 Å². The lowest BCUT2D eigenvalue weighted by Gasteiger charge is -2.43. The Labute approximate surface area is 114 Å². The van der Waals surface area contributed by atoms with Gasteiger partial charge in [0.05, 0.1) is 11.3 Å². The molecule has 96 valence electrons. The van der Waals surface area contributed by atoms with E-state index < -0.39 is 0 Å². The number of hydrogen-bond donors (Lipinski definition) is 0. The summed E-state index contributed by atoms with van der Waals surface area (Å²) in [5.41, 5.74) is 1.70. The van der Waals surface area contributed by atoms with Crippen molar-refractivity contribution in [1.82, 2.24) is 0 Å². The largest absolute Gasteiger partial charge is 0.367 e. The number of nitrogens with zero attached hydrogens (tertiary/aromatic N) is 2. The predicted molar refractivity (Wildman–Crippen MR) is 75.9 cm³/mol. The molecule has 3 unspecified atom stereocenters. The van der Waals surface area contributed by atoms with Crippen molar-refractivity contribution < 1.29 is 0 Å². The Balaban J connectivity index is 2.38. The first-order valence-corrected chi connectivity index (χ1v) is 6.87. The summed E-state index contributed by atoms with van der Waals surface area (Å²) in [4.78, 5) is 2.35. The van der Waals surface area contributed by atoms with Gasteiger partial charge in [0.25, 0.3) is 0 Å². The number of hydrogen-bond acceptors (Lipinski definition) is 2. The zero-order valence-electron chi connectivity index (χ0n) is 11.2. The van der Waals surface area contributed by atoms with Crippen LogP contribution in [-0.4, -0.2) is 12.6 Å². The summed E-state index contributed by atoms with van der Waals surface area (Å²) < 4.78 is 0. The average Bonchev–Trinajstić information content (AvgIpc) is 2.34. The average molecular weight is 263 g/mol. The van der Waals surface area contributed by atoms with Crippen LogP contribution in [0.1, 0.15) is 32.8 Å². The van der Waals surface area contributed by atoms with E-state index in [-0.39, 0.29) is 0 Å². The van der Waals surface area contributed by atoms with Gasteiger partial charge in [0.15, 0.2) is 0 Å². The maximum Gasteiger partial charge on any atom is 0.101 e. The van der Waals surface area contributed by atoms with Crippen molar-refractivity contribution in [3.8, 4) is 6.07 Å². The molecule has 3 heteroatoms. The van der Waals surface area contributed by atoms with E-state index in [0.717, 1.165) is 12.2 Å². The van der Waals surface area contributed by atoms with Crippen LogP contribution in [0.3, 0.4) is 0 Å². The van der Waals surface area contributed by atoms with Crippen molar-refractivity contribution in [3.63, 3.8) is 0 Å². The molecule has 0 aromatic heterocycles. The molecule has 0 saturated carbocycles. The van der Waals surface area contributed by atoms with Gasteiger partial charge in [-0.15, -0.1) is 0 Å². The summed E-state index contributed by atoms with van der Waals surface area (Å²) in [7, 11) is 0. The van der Waals surface area contributed by atoms with Gasteiger partial charge in [0.1, 0.15) is 6.07 Å². The Morgan fingerprint density at radius 3 is 2.72 bits per heavy atom. The normalized spacial score (nSPS) is 27.9. The van der Waals surface area contributed by atoms with Crippen LogP contribution in [0.5, 0.6) is 0 Å². The molecule has 2 rings (SSSR count). The molecule has 0 spiro atoms. The molecule has 1 heterocycles. The highest BCUT2D eigenvalue weighted by atomic mass is 35.5. The summed E-state index contributed by atoms with van der Waals surface area (Å²) in [5, 5.41) is 9.88. The van der Waals surface area contributed by atoms with Crippen molar-refractivity contribution in [2.24, 2.45) is 11.8 Å². The monoisotopic (exact) mass is 262 g/mol. The van der Waals surface area contributed by atoms with Crippen LogP contribution in [0, 0.1) is 23.2 Å². The van der Waals surface area contributed by atoms with Gasteiger partial charge in [0.2, 0.25) is 0 Å². The molecule has 1 aromatic carbocycles. The zero-order valence-corrected chi connectivity index (χ0v) is 11.9. The molecule has 1 aromatic rings. The van der Waals surface area contributed by atoms with Gasteiger partial charge >= 0.3 is 0 Å². The second-order valence-electron chi connectivity index (χ2n) is 5.48. The Hall–Kier alpha value is -1.20. The highest BCUT2D eigenvalue weighted by Gasteiger charge is 2.30. The summed E-state index contributed by atoms with van der Waals surface area (Å²) in [6.45, 7) is 7.82. The summed E-state index contributed by atoms with van der Waals surface area (Å²) >= 11 is 5.96. The van der Waals surface area contributed by atoms with Crippen LogP contribution in [0.2, 0.25) is 5.02 Å². The number of nitriles is 1. The third-order valence-corrected chi connectivity index (χ3v) is 4.22. The summed E-state index contributed by atoms with van der Waals surface area (Å²) in [5.74, 6) is 1.31. The van der Waals surface area contributed by atoms with Gasteiger partial charge in [-0.2, -0.15) is 5.26 Å². The van der Waals surface area contributed by atoms with Crippen LogP contribution in [-0.2, 0) is 0 Å². The molecule has 0 amide bonds. The second-order valence-corrected chi connectivity index (χ2v) is 5.92. The van der Waals surface area contributed by atoms with Gasteiger partial charge in [-0.05, 0) is 43.4 Å². The Morgan fingerprint density at radius 2 is 2.06 bits per heavy atom. The van der Waals surface area contributed by atoms with Crippen LogP contribution in [0.4, 0.5) is 5.69 Å². The van der Waals surface area contributed by atoms with Crippen LogP contribution in [0.25, 0.3) is 0 Å². The van der Waals surface area contributed by atoms with E-state index in [2.05, 4.69) is 31.7 Å². The van der Waals surface area contributed by atoms with Gasteiger partial charge in [0, 0.05) is 17.6 Å². The van der Waals surface area contributed by atoms with Crippen molar-refractivity contribution >= 4 is 17.3 Å². The molecule has 18 heavy (non-hydrogen) atoms. The Morgan fingerprint density at radius 1 is 1.33 bits per heavy atom. The molecular formula is C15H19ClN2. The van der Waals surface area contributed by atoms with E-state index in [0.29, 0.717) is 28.5 Å². The van der Waals surface area contributed by atoms with Gasteiger partial charge in [-0.25, -0.2) is 0 Å². The number of rotatable bonds is 1. The lowest BCUT2D eigenvalue weighted by atomic mass is 9.85. The first kappa shape index (κ1) is 13.2.